The van der Waals surface area contributed by atoms with Crippen molar-refractivity contribution in [2.45, 2.75) is 45.6 Å². The van der Waals surface area contributed by atoms with Gasteiger partial charge in [0.05, 0.1) is 21.3 Å². The largest absolute Gasteiger partial charge is 0.493 e. The summed E-state index contributed by atoms with van der Waals surface area (Å²) in [7, 11) is 4.52. The lowest BCUT2D eigenvalue weighted by Gasteiger charge is -2.29. The van der Waals surface area contributed by atoms with E-state index in [9.17, 15) is 14.4 Å². The van der Waals surface area contributed by atoms with E-state index in [1.807, 2.05) is 6.92 Å². The highest BCUT2D eigenvalue weighted by Gasteiger charge is 2.47. The fraction of sp³-hybridized carbons (Fsp3) is 0.542. The summed E-state index contributed by atoms with van der Waals surface area (Å²) in [6.07, 6.45) is 2.43. The van der Waals surface area contributed by atoms with E-state index in [0.717, 1.165) is 5.56 Å². The standard InChI is InChI=1S/C24H33NO7/c1-8-12-32-23(28)19-16(10-11-25(19)22(27)21(26)24(3,4)9-2)15-13-17(29-5)20(31-7)18(14-15)30-6/h8,13-14,16,19H,1,9-12H2,2-7H3/t16?,19-/m0/s1. The number of ketones is 1. The highest BCUT2D eigenvalue weighted by molar-refractivity contribution is 6.38. The van der Waals surface area contributed by atoms with Crippen molar-refractivity contribution in [3.63, 3.8) is 0 Å². The molecule has 1 unspecified atom stereocenters. The first-order valence-electron chi connectivity index (χ1n) is 10.6. The molecule has 1 aliphatic heterocycles. The Labute approximate surface area is 189 Å². The maximum Gasteiger partial charge on any atom is 0.329 e. The van der Waals surface area contributed by atoms with Crippen molar-refractivity contribution in [2.75, 3.05) is 34.5 Å². The third-order valence-electron chi connectivity index (χ3n) is 6.05. The number of hydrogen-bond donors (Lipinski definition) is 0. The number of ether oxygens (including phenoxy) is 4. The maximum absolute atomic E-state index is 13.1. The van der Waals surface area contributed by atoms with Gasteiger partial charge in [0, 0.05) is 17.9 Å². The lowest BCUT2D eigenvalue weighted by Crippen LogP contribution is -2.49. The van der Waals surface area contributed by atoms with E-state index in [4.69, 9.17) is 18.9 Å². The normalized spacial score (nSPS) is 18.1. The average molecular weight is 448 g/mol. The van der Waals surface area contributed by atoms with Crippen LogP contribution in [-0.2, 0) is 19.1 Å². The van der Waals surface area contributed by atoms with Crippen molar-refractivity contribution < 1.29 is 33.3 Å². The number of methoxy groups -OCH3 is 3. The highest BCUT2D eigenvalue weighted by atomic mass is 16.5. The molecule has 2 atom stereocenters. The van der Waals surface area contributed by atoms with Crippen LogP contribution in [0.4, 0.5) is 0 Å². The molecule has 1 saturated heterocycles. The Kier molecular flexibility index (Phi) is 8.30. The quantitative estimate of drug-likeness (QED) is 0.309. The van der Waals surface area contributed by atoms with Crippen LogP contribution in [0.1, 0.15) is 45.1 Å². The smallest absolute Gasteiger partial charge is 0.329 e. The van der Waals surface area contributed by atoms with Gasteiger partial charge in [-0.2, -0.15) is 0 Å². The number of Topliss-reactive ketones (excluding diaryl/α,β-unsaturated/α-hetero) is 1. The zero-order valence-corrected chi connectivity index (χ0v) is 19.7. The van der Waals surface area contributed by atoms with Crippen molar-refractivity contribution in [3.05, 3.63) is 30.4 Å². The molecule has 0 aliphatic carbocycles. The number of likely N-dealkylation sites (tertiary alicyclic amines) is 1. The Morgan fingerprint density at radius 2 is 1.72 bits per heavy atom. The van der Waals surface area contributed by atoms with Crippen LogP contribution in [0, 0.1) is 5.41 Å². The second-order valence-corrected chi connectivity index (χ2v) is 8.28. The van der Waals surface area contributed by atoms with Crippen LogP contribution in [0.3, 0.4) is 0 Å². The van der Waals surface area contributed by atoms with Crippen LogP contribution in [-0.4, -0.2) is 63.1 Å². The summed E-state index contributed by atoms with van der Waals surface area (Å²) in [5.74, 6) is -0.894. The molecule has 0 spiro atoms. The molecule has 1 amide bonds. The summed E-state index contributed by atoms with van der Waals surface area (Å²) in [4.78, 5) is 40.4. The third-order valence-corrected chi connectivity index (χ3v) is 6.05. The van der Waals surface area contributed by atoms with Gasteiger partial charge in [-0.25, -0.2) is 4.79 Å². The number of esters is 1. The van der Waals surface area contributed by atoms with Gasteiger partial charge < -0.3 is 23.8 Å². The first-order valence-corrected chi connectivity index (χ1v) is 10.6. The van der Waals surface area contributed by atoms with E-state index in [0.29, 0.717) is 30.1 Å². The van der Waals surface area contributed by atoms with Gasteiger partial charge in [-0.3, -0.25) is 9.59 Å². The van der Waals surface area contributed by atoms with Crippen LogP contribution >= 0.6 is 0 Å². The zero-order valence-electron chi connectivity index (χ0n) is 19.7. The molecule has 176 valence electrons. The molecule has 1 heterocycles. The molecule has 8 nitrogen and oxygen atoms in total. The minimum atomic E-state index is -0.957. The molecule has 0 bridgehead atoms. The van der Waals surface area contributed by atoms with E-state index in [1.54, 1.807) is 26.0 Å². The summed E-state index contributed by atoms with van der Waals surface area (Å²) in [6, 6.07) is 2.55. The van der Waals surface area contributed by atoms with Crippen molar-refractivity contribution in [3.8, 4) is 17.2 Å². The molecule has 0 radical (unpaired) electrons. The molecular formula is C24H33NO7. The topological polar surface area (TPSA) is 91.4 Å². The van der Waals surface area contributed by atoms with Gasteiger partial charge in [0.15, 0.2) is 11.5 Å². The predicted molar refractivity (Wildman–Crippen MR) is 119 cm³/mol. The monoisotopic (exact) mass is 447 g/mol. The molecular weight excluding hydrogens is 414 g/mol. The SMILES string of the molecule is C=CCOC(=O)[C@@H]1C(c2cc(OC)c(OC)c(OC)c2)CCN1C(=O)C(=O)C(C)(C)CC. The van der Waals surface area contributed by atoms with Gasteiger partial charge in [-0.05, 0) is 30.5 Å². The van der Waals surface area contributed by atoms with Gasteiger partial charge in [-0.1, -0.05) is 33.4 Å². The Morgan fingerprint density at radius 1 is 1.12 bits per heavy atom. The fourth-order valence-electron chi connectivity index (χ4n) is 3.78. The van der Waals surface area contributed by atoms with Crippen molar-refractivity contribution in [1.82, 2.24) is 4.90 Å². The molecule has 1 aromatic carbocycles. The molecule has 32 heavy (non-hydrogen) atoms. The number of rotatable bonds is 10. The summed E-state index contributed by atoms with van der Waals surface area (Å²) in [6.45, 7) is 9.13. The van der Waals surface area contributed by atoms with Crippen LogP contribution in [0.5, 0.6) is 17.2 Å². The summed E-state index contributed by atoms with van der Waals surface area (Å²) in [5, 5.41) is 0. The molecule has 0 saturated carbocycles. The number of nitrogens with zero attached hydrogens (tertiary/aromatic N) is 1. The van der Waals surface area contributed by atoms with Gasteiger partial charge in [0.25, 0.3) is 5.91 Å². The summed E-state index contributed by atoms with van der Waals surface area (Å²) >= 11 is 0. The molecule has 0 N–H and O–H groups in total. The number of hydrogen-bond acceptors (Lipinski definition) is 7. The second-order valence-electron chi connectivity index (χ2n) is 8.28. The number of amides is 1. The lowest BCUT2D eigenvalue weighted by atomic mass is 9.84. The van der Waals surface area contributed by atoms with Crippen LogP contribution in [0.2, 0.25) is 0 Å². The number of carbonyl (C=O) groups is 3. The Hall–Kier alpha value is -3.03. The number of carbonyl (C=O) groups excluding carboxylic acids is 3. The minimum absolute atomic E-state index is 0.00768. The van der Waals surface area contributed by atoms with E-state index in [2.05, 4.69) is 6.58 Å². The van der Waals surface area contributed by atoms with Crippen molar-refractivity contribution >= 4 is 17.7 Å². The van der Waals surface area contributed by atoms with Gasteiger partial charge in [0.2, 0.25) is 11.5 Å². The first-order chi connectivity index (χ1) is 15.2. The zero-order chi connectivity index (χ0) is 24.1. The van der Waals surface area contributed by atoms with Gasteiger partial charge in [0.1, 0.15) is 12.6 Å². The van der Waals surface area contributed by atoms with E-state index >= 15 is 0 Å². The fourth-order valence-corrected chi connectivity index (χ4v) is 3.78. The van der Waals surface area contributed by atoms with Crippen molar-refractivity contribution in [1.29, 1.82) is 0 Å². The second kappa shape index (κ2) is 10.5. The van der Waals surface area contributed by atoms with Gasteiger partial charge >= 0.3 is 5.97 Å². The summed E-state index contributed by atoms with van der Waals surface area (Å²) < 4.78 is 21.6. The Balaban J connectivity index is 2.51. The van der Waals surface area contributed by atoms with E-state index in [1.165, 1.54) is 32.3 Å². The minimum Gasteiger partial charge on any atom is -0.493 e. The lowest BCUT2D eigenvalue weighted by molar-refractivity contribution is -0.157. The Morgan fingerprint density at radius 3 is 2.19 bits per heavy atom. The van der Waals surface area contributed by atoms with E-state index in [-0.39, 0.29) is 13.2 Å². The maximum atomic E-state index is 13.1. The molecule has 8 heteroatoms. The molecule has 1 fully saturated rings. The van der Waals surface area contributed by atoms with E-state index < -0.39 is 35.0 Å². The summed E-state index contributed by atoms with van der Waals surface area (Å²) in [5.41, 5.74) is -0.102. The number of benzene rings is 1. The van der Waals surface area contributed by atoms with Crippen molar-refractivity contribution in [2.24, 2.45) is 5.41 Å². The first kappa shape index (κ1) is 25.2. The van der Waals surface area contributed by atoms with Crippen LogP contribution in [0.15, 0.2) is 24.8 Å². The highest BCUT2D eigenvalue weighted by Crippen LogP contribution is 2.44. The van der Waals surface area contributed by atoms with Crippen LogP contribution in [0.25, 0.3) is 0 Å². The predicted octanol–water partition coefficient (Wildman–Crippen LogP) is 3.13. The molecule has 1 aromatic rings. The Bertz CT molecular complexity index is 852. The third kappa shape index (κ3) is 4.89. The molecule has 1 aliphatic rings. The van der Waals surface area contributed by atoms with Gasteiger partial charge in [-0.15, -0.1) is 0 Å². The molecule has 2 rings (SSSR count). The molecule has 0 aromatic heterocycles. The average Bonchev–Trinajstić information content (AvgIpc) is 3.25. The van der Waals surface area contributed by atoms with Crippen LogP contribution < -0.4 is 14.2 Å².